The summed E-state index contributed by atoms with van der Waals surface area (Å²) in [4.78, 5) is 30.5. The molecule has 0 unspecified atom stereocenters. The maximum Gasteiger partial charge on any atom is 0.412 e. The van der Waals surface area contributed by atoms with E-state index in [0.717, 1.165) is 36.9 Å². The van der Waals surface area contributed by atoms with Crippen LogP contribution in [0, 0.1) is 23.0 Å². The molecule has 11 nitrogen and oxygen atoms in total. The molecule has 3 aliphatic heterocycles. The highest BCUT2D eigenvalue weighted by molar-refractivity contribution is 7.23. The lowest BCUT2D eigenvalue weighted by molar-refractivity contribution is 0.0636. The van der Waals surface area contributed by atoms with Crippen molar-refractivity contribution in [1.82, 2.24) is 19.9 Å². The van der Waals surface area contributed by atoms with Crippen molar-refractivity contribution in [3.63, 3.8) is 0 Å². The quantitative estimate of drug-likeness (QED) is 0.312. The number of carbonyl (C=O) groups excluding carboxylic acids is 1. The number of likely N-dealkylation sites (tertiary alicyclic amines) is 1. The number of aromatic nitrogens is 3. The van der Waals surface area contributed by atoms with Crippen LogP contribution in [-0.2, 0) is 22.7 Å². The first kappa shape index (κ1) is 29.7. The van der Waals surface area contributed by atoms with E-state index >= 15 is 8.78 Å². The Morgan fingerprint density at radius 3 is 2.71 bits per heavy atom. The van der Waals surface area contributed by atoms with Gasteiger partial charge in [0.15, 0.2) is 11.6 Å². The maximum atomic E-state index is 16.8. The number of fused-ring (bicyclic) bond motifs is 4. The van der Waals surface area contributed by atoms with Crippen molar-refractivity contribution in [2.75, 3.05) is 36.4 Å². The van der Waals surface area contributed by atoms with Gasteiger partial charge in [0, 0.05) is 54.8 Å². The molecule has 4 aromatic rings. The third kappa shape index (κ3) is 5.23. The van der Waals surface area contributed by atoms with Crippen LogP contribution < -0.4 is 10.2 Å². The number of nitriles is 1. The van der Waals surface area contributed by atoms with Crippen LogP contribution in [0.25, 0.3) is 32.2 Å². The van der Waals surface area contributed by atoms with Gasteiger partial charge in [0.05, 0.1) is 41.5 Å². The number of benzene rings is 1. The summed E-state index contributed by atoms with van der Waals surface area (Å²) in [6, 6.07) is 2.30. The third-order valence-electron chi connectivity index (χ3n) is 8.48. The van der Waals surface area contributed by atoms with Crippen molar-refractivity contribution in [1.29, 1.82) is 5.26 Å². The number of hydrogen-bond donors (Lipinski definition) is 2. The van der Waals surface area contributed by atoms with Crippen LogP contribution >= 0.6 is 11.3 Å². The summed E-state index contributed by atoms with van der Waals surface area (Å²) in [7, 11) is 0. The molecule has 6 heterocycles. The molecule has 3 aliphatic rings. The minimum Gasteiger partial charge on any atom is -0.444 e. The van der Waals surface area contributed by atoms with Crippen molar-refractivity contribution in [3.8, 4) is 17.3 Å². The lowest BCUT2D eigenvalue weighted by atomic mass is 9.94. The van der Waals surface area contributed by atoms with Crippen LogP contribution in [0.15, 0.2) is 12.4 Å². The first-order valence-electron chi connectivity index (χ1n) is 14.8. The Morgan fingerprint density at radius 1 is 1.18 bits per heavy atom. The van der Waals surface area contributed by atoms with E-state index < -0.39 is 23.3 Å². The molecule has 7 rings (SSSR count). The highest BCUT2D eigenvalue weighted by atomic mass is 32.1. The molecule has 2 N–H and O–H groups in total. The zero-order chi connectivity index (χ0) is 31.6. The van der Waals surface area contributed by atoms with Crippen molar-refractivity contribution in [2.45, 2.75) is 64.6 Å². The zero-order valence-corrected chi connectivity index (χ0v) is 25.8. The van der Waals surface area contributed by atoms with Gasteiger partial charge in [-0.15, -0.1) is 11.3 Å². The number of hydrogen-bond acceptors (Lipinski definition) is 11. The Labute approximate surface area is 261 Å². The van der Waals surface area contributed by atoms with E-state index in [0.29, 0.717) is 42.1 Å². The van der Waals surface area contributed by atoms with E-state index in [1.54, 1.807) is 27.0 Å². The summed E-state index contributed by atoms with van der Waals surface area (Å²) in [5, 5.41) is 23.4. The minimum absolute atomic E-state index is 0.0477. The number of aliphatic hydroxyl groups excluding tert-OH is 1. The fraction of sp³-hybridized carbons (Fsp3) is 0.452. The van der Waals surface area contributed by atoms with Gasteiger partial charge in [0.25, 0.3) is 0 Å². The first-order chi connectivity index (χ1) is 21.5. The summed E-state index contributed by atoms with van der Waals surface area (Å²) >= 11 is 0.856. The van der Waals surface area contributed by atoms with Crippen LogP contribution in [0.5, 0.6) is 0 Å². The fourth-order valence-corrected chi connectivity index (χ4v) is 7.51. The Balaban J connectivity index is 1.33. The molecular formula is C31H31F2N7O4S. The highest BCUT2D eigenvalue weighted by Crippen LogP contribution is 2.46. The van der Waals surface area contributed by atoms with E-state index in [1.807, 2.05) is 4.90 Å². The second-order valence-electron chi connectivity index (χ2n) is 12.6. The van der Waals surface area contributed by atoms with Crippen LogP contribution in [0.3, 0.4) is 0 Å². The normalized spacial score (nSPS) is 20.2. The smallest absolute Gasteiger partial charge is 0.412 e. The molecule has 0 radical (unpaired) electrons. The highest BCUT2D eigenvalue weighted by Gasteiger charge is 2.35. The van der Waals surface area contributed by atoms with E-state index in [1.165, 1.54) is 0 Å². The molecule has 234 valence electrons. The SMILES string of the molecule is CC(C)(C)OC(=O)Nc1sc2c(F)cnc(-c3c4c(c5cnc(N6CC[C@@H](N7CC[C@H](O)C7)C6)nc5c3F)COC4)c2c1C#N. The second-order valence-corrected chi connectivity index (χ2v) is 13.6. The van der Waals surface area contributed by atoms with Crippen molar-refractivity contribution in [3.05, 3.63) is 40.7 Å². The maximum absolute atomic E-state index is 16.8. The summed E-state index contributed by atoms with van der Waals surface area (Å²) in [6.45, 7) is 8.22. The Morgan fingerprint density at radius 2 is 1.98 bits per heavy atom. The van der Waals surface area contributed by atoms with Gasteiger partial charge in [-0.05, 0) is 44.7 Å². The lowest BCUT2D eigenvalue weighted by Crippen LogP contribution is -2.36. The Bertz CT molecular complexity index is 1900. The standard InChI is InChI=1S/C31H31F2N7O4S/c1-31(2,3)44-30(42)38-28-17(8-34)23-26(35-10-21(32)27(23)45-28)22-20-14-43-13-19(20)18-9-36-29(37-25(18)24(22)33)40-6-4-15(11-40)39-7-5-16(41)12-39/h9-10,15-16,41H,4-7,11-14H2,1-3H3,(H,38,42)/t15-,16+/m1/s1. The average Bonchev–Trinajstić information content (AvgIpc) is 3.79. The molecular weight excluding hydrogens is 604 g/mol. The van der Waals surface area contributed by atoms with Gasteiger partial charge < -0.3 is 19.5 Å². The van der Waals surface area contributed by atoms with E-state index in [9.17, 15) is 15.2 Å². The van der Waals surface area contributed by atoms with Gasteiger partial charge in [-0.2, -0.15) is 5.26 Å². The fourth-order valence-electron chi connectivity index (χ4n) is 6.48. The van der Waals surface area contributed by atoms with E-state index in [2.05, 4.69) is 26.3 Å². The number of rotatable bonds is 4. The molecule has 3 aromatic heterocycles. The van der Waals surface area contributed by atoms with Gasteiger partial charge in [-0.25, -0.2) is 23.5 Å². The second kappa shape index (κ2) is 11.1. The zero-order valence-electron chi connectivity index (χ0n) is 25.0. The van der Waals surface area contributed by atoms with Gasteiger partial charge in [-0.3, -0.25) is 15.2 Å². The monoisotopic (exact) mass is 635 g/mol. The molecule has 45 heavy (non-hydrogen) atoms. The molecule has 1 aromatic carbocycles. The van der Waals surface area contributed by atoms with Crippen molar-refractivity contribution in [2.24, 2.45) is 0 Å². The molecule has 0 bridgehead atoms. The number of nitrogens with zero attached hydrogens (tertiary/aromatic N) is 6. The minimum atomic E-state index is -0.805. The van der Waals surface area contributed by atoms with Crippen molar-refractivity contribution >= 4 is 49.4 Å². The number of amides is 1. The van der Waals surface area contributed by atoms with E-state index in [-0.39, 0.29) is 62.8 Å². The number of carbonyl (C=O) groups is 1. The molecule has 2 atom stereocenters. The lowest BCUT2D eigenvalue weighted by Gasteiger charge is -2.24. The number of thiophene rings is 1. The van der Waals surface area contributed by atoms with Gasteiger partial charge >= 0.3 is 6.09 Å². The summed E-state index contributed by atoms with van der Waals surface area (Å²) < 4.78 is 43.1. The largest absolute Gasteiger partial charge is 0.444 e. The molecule has 1 amide bonds. The molecule has 0 aliphatic carbocycles. The topological polar surface area (TPSA) is 137 Å². The van der Waals surface area contributed by atoms with E-state index in [4.69, 9.17) is 14.5 Å². The van der Waals surface area contributed by atoms with Gasteiger partial charge in [0.2, 0.25) is 5.95 Å². The summed E-state index contributed by atoms with van der Waals surface area (Å²) in [5.41, 5.74) is 0.613. The third-order valence-corrected chi connectivity index (χ3v) is 9.59. The number of ether oxygens (including phenoxy) is 2. The van der Waals surface area contributed by atoms with Crippen LogP contribution in [0.1, 0.15) is 50.3 Å². The predicted molar refractivity (Wildman–Crippen MR) is 164 cm³/mol. The van der Waals surface area contributed by atoms with Crippen molar-refractivity contribution < 1.29 is 28.2 Å². The molecule has 2 saturated heterocycles. The Kier molecular flexibility index (Phi) is 7.31. The first-order valence-corrected chi connectivity index (χ1v) is 15.6. The summed E-state index contributed by atoms with van der Waals surface area (Å²) in [6.07, 6.45) is 3.13. The summed E-state index contributed by atoms with van der Waals surface area (Å²) in [5.74, 6) is -0.989. The number of aliphatic hydroxyl groups is 1. The predicted octanol–water partition coefficient (Wildman–Crippen LogP) is 5.08. The number of nitrogens with one attached hydrogen (secondary N) is 1. The van der Waals surface area contributed by atoms with Gasteiger partial charge in [0.1, 0.15) is 22.2 Å². The van der Waals surface area contributed by atoms with Crippen LogP contribution in [0.2, 0.25) is 0 Å². The number of halogens is 2. The Hall–Kier alpha value is -4.03. The molecule has 0 spiro atoms. The van der Waals surface area contributed by atoms with Crippen LogP contribution in [-0.4, -0.2) is 75.0 Å². The van der Waals surface area contributed by atoms with Crippen LogP contribution in [0.4, 0.5) is 24.5 Å². The molecule has 2 fully saturated rings. The number of anilines is 2. The average molecular weight is 636 g/mol. The molecule has 0 saturated carbocycles. The number of pyridine rings is 1. The molecule has 14 heteroatoms. The number of β-amino-alcohol motifs (C(OH)–C–C–N with tert-alkyl or cyclic N) is 1. The van der Waals surface area contributed by atoms with Gasteiger partial charge in [-0.1, -0.05) is 0 Å².